The SMILES string of the molecule is O=C1[C@H](Cl)CCCC[C@@H]1Cl. The Morgan fingerprint density at radius 3 is 1.90 bits per heavy atom. The van der Waals surface area contributed by atoms with Crippen molar-refractivity contribution in [1.29, 1.82) is 0 Å². The summed E-state index contributed by atoms with van der Waals surface area (Å²) >= 11 is 11.5. The molecule has 0 aromatic carbocycles. The van der Waals surface area contributed by atoms with Crippen LogP contribution in [0.15, 0.2) is 0 Å². The normalized spacial score (nSPS) is 35.6. The first-order valence-corrected chi connectivity index (χ1v) is 4.41. The number of rotatable bonds is 0. The Morgan fingerprint density at radius 2 is 1.50 bits per heavy atom. The van der Waals surface area contributed by atoms with E-state index >= 15 is 0 Å². The average Bonchev–Trinajstić information content (AvgIpc) is 2.04. The average molecular weight is 181 g/mol. The van der Waals surface area contributed by atoms with Gasteiger partial charge in [-0.1, -0.05) is 12.8 Å². The Kier molecular flexibility index (Phi) is 2.99. The van der Waals surface area contributed by atoms with Gasteiger partial charge in [0.05, 0.1) is 10.8 Å². The van der Waals surface area contributed by atoms with E-state index in [-0.39, 0.29) is 16.5 Å². The van der Waals surface area contributed by atoms with Crippen LogP contribution in [0.3, 0.4) is 0 Å². The third-order valence-electron chi connectivity index (χ3n) is 1.78. The van der Waals surface area contributed by atoms with Crippen molar-refractivity contribution < 1.29 is 4.79 Å². The van der Waals surface area contributed by atoms with Crippen molar-refractivity contribution in [2.24, 2.45) is 0 Å². The Labute approximate surface area is 70.7 Å². The lowest BCUT2D eigenvalue weighted by Gasteiger charge is -2.05. The number of alkyl halides is 2. The van der Waals surface area contributed by atoms with Gasteiger partial charge in [0.2, 0.25) is 0 Å². The lowest BCUT2D eigenvalue weighted by Crippen LogP contribution is -2.21. The molecule has 0 aromatic heterocycles. The Hall–Kier alpha value is 0.250. The Morgan fingerprint density at radius 1 is 1.10 bits per heavy atom. The van der Waals surface area contributed by atoms with Gasteiger partial charge in [-0.25, -0.2) is 0 Å². The van der Waals surface area contributed by atoms with Crippen molar-refractivity contribution in [2.75, 3.05) is 0 Å². The molecule has 0 bridgehead atoms. The van der Waals surface area contributed by atoms with Crippen LogP contribution >= 0.6 is 23.2 Å². The molecule has 0 N–H and O–H groups in total. The number of halogens is 2. The highest BCUT2D eigenvalue weighted by Crippen LogP contribution is 2.22. The van der Waals surface area contributed by atoms with Gasteiger partial charge in [0, 0.05) is 0 Å². The number of hydrogen-bond donors (Lipinski definition) is 0. The summed E-state index contributed by atoms with van der Waals surface area (Å²) < 4.78 is 0. The predicted octanol–water partition coefficient (Wildman–Crippen LogP) is 2.34. The molecule has 0 heterocycles. The second kappa shape index (κ2) is 3.59. The second-order valence-electron chi connectivity index (χ2n) is 2.62. The molecule has 0 spiro atoms. The second-order valence-corrected chi connectivity index (χ2v) is 3.68. The third kappa shape index (κ3) is 1.86. The van der Waals surface area contributed by atoms with Gasteiger partial charge < -0.3 is 0 Å². The van der Waals surface area contributed by atoms with E-state index in [1.807, 2.05) is 0 Å². The highest BCUT2D eigenvalue weighted by molar-refractivity contribution is 6.40. The molecule has 1 aliphatic carbocycles. The van der Waals surface area contributed by atoms with Crippen molar-refractivity contribution in [3.8, 4) is 0 Å². The topological polar surface area (TPSA) is 17.1 Å². The van der Waals surface area contributed by atoms with E-state index in [2.05, 4.69) is 0 Å². The number of hydrogen-bond acceptors (Lipinski definition) is 1. The maximum atomic E-state index is 11.1. The van der Waals surface area contributed by atoms with Gasteiger partial charge in [0.15, 0.2) is 5.78 Å². The van der Waals surface area contributed by atoms with Crippen LogP contribution in [0.5, 0.6) is 0 Å². The number of carbonyl (C=O) groups excluding carboxylic acids is 1. The van der Waals surface area contributed by atoms with Crippen LogP contribution in [-0.4, -0.2) is 16.5 Å². The smallest absolute Gasteiger partial charge is 0.168 e. The van der Waals surface area contributed by atoms with Crippen LogP contribution in [-0.2, 0) is 4.79 Å². The monoisotopic (exact) mass is 180 g/mol. The summed E-state index contributed by atoms with van der Waals surface area (Å²) in [6.45, 7) is 0. The van der Waals surface area contributed by atoms with E-state index in [1.54, 1.807) is 0 Å². The molecule has 0 amide bonds. The minimum Gasteiger partial charge on any atom is -0.296 e. The van der Waals surface area contributed by atoms with E-state index < -0.39 is 0 Å². The zero-order valence-corrected chi connectivity index (χ0v) is 7.16. The molecule has 1 saturated carbocycles. The van der Waals surface area contributed by atoms with E-state index in [1.165, 1.54) is 0 Å². The molecular weight excluding hydrogens is 171 g/mol. The fraction of sp³-hybridized carbons (Fsp3) is 0.857. The lowest BCUT2D eigenvalue weighted by atomic mass is 10.2. The van der Waals surface area contributed by atoms with Crippen molar-refractivity contribution in [2.45, 2.75) is 36.4 Å². The van der Waals surface area contributed by atoms with Crippen LogP contribution in [0.2, 0.25) is 0 Å². The van der Waals surface area contributed by atoms with Crippen molar-refractivity contribution >= 4 is 29.0 Å². The molecule has 1 rings (SSSR count). The van der Waals surface area contributed by atoms with E-state index in [9.17, 15) is 4.79 Å². The van der Waals surface area contributed by atoms with Crippen LogP contribution in [0, 0.1) is 0 Å². The Bertz CT molecular complexity index is 122. The molecule has 2 atom stereocenters. The molecular formula is C7H10Cl2O. The minimum atomic E-state index is -0.329. The van der Waals surface area contributed by atoms with Crippen LogP contribution < -0.4 is 0 Å². The van der Waals surface area contributed by atoms with E-state index in [0.29, 0.717) is 0 Å². The van der Waals surface area contributed by atoms with E-state index in [0.717, 1.165) is 25.7 Å². The minimum absolute atomic E-state index is 0.0147. The van der Waals surface area contributed by atoms with E-state index in [4.69, 9.17) is 23.2 Å². The van der Waals surface area contributed by atoms with Gasteiger partial charge >= 0.3 is 0 Å². The molecule has 3 heteroatoms. The number of carbonyl (C=O) groups is 1. The lowest BCUT2D eigenvalue weighted by molar-refractivity contribution is -0.118. The predicted molar refractivity (Wildman–Crippen MR) is 42.8 cm³/mol. The highest BCUT2D eigenvalue weighted by atomic mass is 35.5. The third-order valence-corrected chi connectivity index (χ3v) is 2.65. The molecule has 58 valence electrons. The van der Waals surface area contributed by atoms with Gasteiger partial charge in [-0.05, 0) is 12.8 Å². The maximum absolute atomic E-state index is 11.1. The first kappa shape index (κ1) is 8.35. The standard InChI is InChI=1S/C7H10Cl2O/c8-5-3-1-2-4-6(9)7(5)10/h5-6H,1-4H2/t5-,6+. The molecule has 10 heavy (non-hydrogen) atoms. The zero-order valence-electron chi connectivity index (χ0n) is 5.65. The number of Topliss-reactive ketones (excluding diaryl/α,β-unsaturated/α-hetero) is 1. The van der Waals surface area contributed by atoms with Crippen molar-refractivity contribution in [3.05, 3.63) is 0 Å². The molecule has 0 radical (unpaired) electrons. The molecule has 0 saturated heterocycles. The molecule has 1 aliphatic rings. The van der Waals surface area contributed by atoms with Gasteiger partial charge in [-0.3, -0.25) is 4.79 Å². The summed E-state index contributed by atoms with van der Waals surface area (Å²) in [5.41, 5.74) is 0. The van der Waals surface area contributed by atoms with Crippen LogP contribution in [0.25, 0.3) is 0 Å². The quantitative estimate of drug-likeness (QED) is 0.414. The van der Waals surface area contributed by atoms with Gasteiger partial charge in [0.1, 0.15) is 0 Å². The summed E-state index contributed by atoms with van der Waals surface area (Å²) in [6, 6.07) is 0. The van der Waals surface area contributed by atoms with Crippen LogP contribution in [0.1, 0.15) is 25.7 Å². The van der Waals surface area contributed by atoms with Crippen molar-refractivity contribution in [3.63, 3.8) is 0 Å². The molecule has 1 fully saturated rings. The molecule has 0 aliphatic heterocycles. The summed E-state index contributed by atoms with van der Waals surface area (Å²) in [5.74, 6) is 0.0147. The van der Waals surface area contributed by atoms with Gasteiger partial charge in [0.25, 0.3) is 0 Å². The Balaban J connectivity index is 2.55. The fourth-order valence-electron chi connectivity index (χ4n) is 1.13. The van der Waals surface area contributed by atoms with Crippen molar-refractivity contribution in [1.82, 2.24) is 0 Å². The maximum Gasteiger partial charge on any atom is 0.168 e. The summed E-state index contributed by atoms with van der Waals surface area (Å²) in [4.78, 5) is 11.1. The number of ketones is 1. The summed E-state index contributed by atoms with van der Waals surface area (Å²) in [7, 11) is 0. The summed E-state index contributed by atoms with van der Waals surface area (Å²) in [5, 5.41) is -0.657. The van der Waals surface area contributed by atoms with Crippen LogP contribution in [0.4, 0.5) is 0 Å². The fourth-order valence-corrected chi connectivity index (χ4v) is 1.81. The zero-order chi connectivity index (χ0) is 7.56. The summed E-state index contributed by atoms with van der Waals surface area (Å²) in [6.07, 6.45) is 3.65. The molecule has 0 aromatic rings. The highest BCUT2D eigenvalue weighted by Gasteiger charge is 2.25. The van der Waals surface area contributed by atoms with Gasteiger partial charge in [-0.2, -0.15) is 0 Å². The van der Waals surface area contributed by atoms with Gasteiger partial charge in [-0.15, -0.1) is 23.2 Å². The molecule has 0 unspecified atom stereocenters. The first-order chi connectivity index (χ1) is 4.72. The first-order valence-electron chi connectivity index (χ1n) is 3.53. The largest absolute Gasteiger partial charge is 0.296 e. The molecule has 1 nitrogen and oxygen atoms in total.